The molecule has 102 valence electrons. The second-order valence-electron chi connectivity index (χ2n) is 4.26. The Labute approximate surface area is 108 Å². The number of aliphatic hydroxyl groups excluding tert-OH is 1. The number of nitrogens with zero attached hydrogens (tertiary/aromatic N) is 1. The van der Waals surface area contributed by atoms with E-state index >= 15 is 0 Å². The van der Waals surface area contributed by atoms with Gasteiger partial charge in [0.25, 0.3) is 0 Å². The van der Waals surface area contributed by atoms with E-state index in [-0.39, 0.29) is 11.0 Å². The summed E-state index contributed by atoms with van der Waals surface area (Å²) < 4.78 is 25.4. The highest BCUT2D eigenvalue weighted by Crippen LogP contribution is 2.17. The van der Waals surface area contributed by atoms with Crippen LogP contribution in [0.25, 0.3) is 0 Å². The van der Waals surface area contributed by atoms with Gasteiger partial charge >= 0.3 is 0 Å². The van der Waals surface area contributed by atoms with Crippen molar-refractivity contribution in [3.63, 3.8) is 0 Å². The summed E-state index contributed by atoms with van der Waals surface area (Å²) in [6.45, 7) is 2.46. The van der Waals surface area contributed by atoms with Gasteiger partial charge in [-0.2, -0.15) is 0 Å². The Kier molecular flexibility index (Phi) is 5.13. The molecular formula is C12H20N2O3S. The summed E-state index contributed by atoms with van der Waals surface area (Å²) in [5.74, 6) is 0. The summed E-state index contributed by atoms with van der Waals surface area (Å²) in [6, 6.07) is 6.65. The smallest absolute Gasteiger partial charge is 0.240 e. The molecule has 0 aliphatic carbocycles. The zero-order chi connectivity index (χ0) is 13.8. The van der Waals surface area contributed by atoms with Crippen molar-refractivity contribution in [3.8, 4) is 0 Å². The molecule has 1 aromatic rings. The van der Waals surface area contributed by atoms with E-state index in [0.29, 0.717) is 6.42 Å². The molecule has 0 saturated carbocycles. The second-order valence-corrected chi connectivity index (χ2v) is 6.15. The fourth-order valence-corrected chi connectivity index (χ4v) is 2.24. The lowest BCUT2D eigenvalue weighted by Gasteiger charge is -2.20. The molecule has 0 spiro atoms. The molecular weight excluding hydrogens is 252 g/mol. The van der Waals surface area contributed by atoms with Gasteiger partial charge in [-0.15, -0.1) is 0 Å². The van der Waals surface area contributed by atoms with Gasteiger partial charge in [-0.3, -0.25) is 0 Å². The maximum Gasteiger partial charge on any atom is 0.240 e. The van der Waals surface area contributed by atoms with Gasteiger partial charge in [0, 0.05) is 19.3 Å². The number of hydrogen-bond donors (Lipinski definition) is 2. The van der Waals surface area contributed by atoms with Crippen LogP contribution in [0, 0.1) is 0 Å². The van der Waals surface area contributed by atoms with E-state index in [1.807, 2.05) is 11.9 Å². The Balaban J connectivity index is 2.77. The van der Waals surface area contributed by atoms with Crippen LogP contribution in [0.3, 0.4) is 0 Å². The van der Waals surface area contributed by atoms with Crippen molar-refractivity contribution < 1.29 is 13.5 Å². The molecule has 1 rings (SSSR count). The molecule has 0 aromatic heterocycles. The zero-order valence-electron chi connectivity index (χ0n) is 10.9. The van der Waals surface area contributed by atoms with Gasteiger partial charge < -0.3 is 10.0 Å². The summed E-state index contributed by atoms with van der Waals surface area (Å²) in [5.41, 5.74) is 0.922. The van der Waals surface area contributed by atoms with Gasteiger partial charge in [0.1, 0.15) is 0 Å². The summed E-state index contributed by atoms with van der Waals surface area (Å²) in [4.78, 5) is 2.22. The van der Waals surface area contributed by atoms with Crippen molar-refractivity contribution in [2.24, 2.45) is 0 Å². The van der Waals surface area contributed by atoms with Crippen LogP contribution in [0.4, 0.5) is 5.69 Å². The van der Waals surface area contributed by atoms with Crippen molar-refractivity contribution in [3.05, 3.63) is 24.3 Å². The summed E-state index contributed by atoms with van der Waals surface area (Å²) in [7, 11) is -0.0813. The number of aliphatic hydroxyl groups is 1. The van der Waals surface area contributed by atoms with Crippen molar-refractivity contribution in [2.45, 2.75) is 24.3 Å². The Hall–Kier alpha value is -1.11. The van der Waals surface area contributed by atoms with Gasteiger partial charge in [0.15, 0.2) is 0 Å². The highest BCUT2D eigenvalue weighted by Gasteiger charge is 2.11. The van der Waals surface area contributed by atoms with Gasteiger partial charge in [0.2, 0.25) is 10.0 Å². The number of rotatable bonds is 6. The maximum atomic E-state index is 11.5. The fraction of sp³-hybridized carbons (Fsp3) is 0.500. The number of benzene rings is 1. The summed E-state index contributed by atoms with van der Waals surface area (Å²) in [5, 5.41) is 9.22. The predicted octanol–water partition coefficient (Wildman–Crippen LogP) is 0.802. The molecule has 0 aliphatic rings. The number of nitrogens with one attached hydrogen (secondary N) is 1. The van der Waals surface area contributed by atoms with Gasteiger partial charge in [-0.1, -0.05) is 0 Å². The first-order chi connectivity index (χ1) is 8.36. The highest BCUT2D eigenvalue weighted by molar-refractivity contribution is 7.89. The normalized spacial score (nSPS) is 13.3. The van der Waals surface area contributed by atoms with Crippen molar-refractivity contribution in [2.75, 3.05) is 25.5 Å². The van der Waals surface area contributed by atoms with Crippen molar-refractivity contribution in [1.29, 1.82) is 0 Å². The first-order valence-corrected chi connectivity index (χ1v) is 7.28. The molecule has 2 N–H and O–H groups in total. The van der Waals surface area contributed by atoms with Gasteiger partial charge in [-0.25, -0.2) is 13.1 Å². The Morgan fingerprint density at radius 2 is 1.89 bits per heavy atom. The highest BCUT2D eigenvalue weighted by atomic mass is 32.2. The average molecular weight is 272 g/mol. The van der Waals surface area contributed by atoms with E-state index in [1.54, 1.807) is 31.2 Å². The largest absolute Gasteiger partial charge is 0.393 e. The Morgan fingerprint density at radius 1 is 1.33 bits per heavy atom. The van der Waals surface area contributed by atoms with Crippen molar-refractivity contribution >= 4 is 15.7 Å². The standard InChI is InChI=1S/C12H20N2O3S/c1-10(15)8-9-14(3)11-4-6-12(7-5-11)18(16,17)13-2/h4-7,10,13,15H,8-9H2,1-3H3. The maximum absolute atomic E-state index is 11.5. The molecule has 0 aliphatic heterocycles. The van der Waals surface area contributed by atoms with Crippen LogP contribution in [0.2, 0.25) is 0 Å². The van der Waals surface area contributed by atoms with E-state index in [2.05, 4.69) is 4.72 Å². The molecule has 18 heavy (non-hydrogen) atoms. The third-order valence-electron chi connectivity index (χ3n) is 2.74. The molecule has 0 radical (unpaired) electrons. The van der Waals surface area contributed by atoms with E-state index in [1.165, 1.54) is 7.05 Å². The Morgan fingerprint density at radius 3 is 2.33 bits per heavy atom. The third kappa shape index (κ3) is 3.97. The number of hydrogen-bond acceptors (Lipinski definition) is 4. The lowest BCUT2D eigenvalue weighted by atomic mass is 10.2. The van der Waals surface area contributed by atoms with Gasteiger partial charge in [0.05, 0.1) is 11.0 Å². The average Bonchev–Trinajstić information content (AvgIpc) is 2.36. The minimum absolute atomic E-state index is 0.248. The zero-order valence-corrected chi connectivity index (χ0v) is 11.7. The molecule has 1 atom stereocenters. The fourth-order valence-electron chi connectivity index (χ4n) is 1.51. The van der Waals surface area contributed by atoms with Crippen LogP contribution in [0.15, 0.2) is 29.2 Å². The monoisotopic (exact) mass is 272 g/mol. The van der Waals surface area contributed by atoms with Crippen LogP contribution in [-0.2, 0) is 10.0 Å². The molecule has 0 amide bonds. The van der Waals surface area contributed by atoms with E-state index < -0.39 is 10.0 Å². The first-order valence-electron chi connectivity index (χ1n) is 5.79. The third-order valence-corrected chi connectivity index (χ3v) is 4.17. The molecule has 6 heteroatoms. The van der Waals surface area contributed by atoms with E-state index in [4.69, 9.17) is 0 Å². The second kappa shape index (κ2) is 6.17. The molecule has 1 aromatic carbocycles. The van der Waals surface area contributed by atoms with Crippen LogP contribution >= 0.6 is 0 Å². The van der Waals surface area contributed by atoms with Gasteiger partial charge in [-0.05, 0) is 44.7 Å². The Bertz CT molecular complexity index is 469. The quantitative estimate of drug-likeness (QED) is 0.804. The molecule has 0 saturated heterocycles. The minimum atomic E-state index is -3.37. The minimum Gasteiger partial charge on any atom is -0.393 e. The summed E-state index contributed by atoms with van der Waals surface area (Å²) in [6.07, 6.45) is 0.337. The number of sulfonamides is 1. The topological polar surface area (TPSA) is 69.6 Å². The lowest BCUT2D eigenvalue weighted by molar-refractivity contribution is 0.187. The molecule has 0 heterocycles. The van der Waals surface area contributed by atoms with Crippen LogP contribution < -0.4 is 9.62 Å². The number of anilines is 1. The molecule has 0 bridgehead atoms. The molecule has 1 unspecified atom stereocenters. The molecule has 5 nitrogen and oxygen atoms in total. The van der Waals surface area contributed by atoms with E-state index in [9.17, 15) is 13.5 Å². The van der Waals surface area contributed by atoms with Crippen molar-refractivity contribution in [1.82, 2.24) is 4.72 Å². The van der Waals surface area contributed by atoms with E-state index in [0.717, 1.165) is 12.2 Å². The predicted molar refractivity (Wildman–Crippen MR) is 72.3 cm³/mol. The first kappa shape index (κ1) is 14.9. The molecule has 0 fully saturated rings. The van der Waals surface area contributed by atoms with Crippen LogP contribution in [-0.4, -0.2) is 40.3 Å². The lowest BCUT2D eigenvalue weighted by Crippen LogP contribution is -2.22. The SMILES string of the molecule is CNS(=O)(=O)c1ccc(N(C)CCC(C)O)cc1. The summed E-state index contributed by atoms with van der Waals surface area (Å²) >= 11 is 0. The van der Waals surface area contributed by atoms with Crippen LogP contribution in [0.5, 0.6) is 0 Å². The van der Waals surface area contributed by atoms with Crippen LogP contribution in [0.1, 0.15) is 13.3 Å².